The number of rotatable bonds is 6. The van der Waals surface area contributed by atoms with Crippen LogP contribution in [0.2, 0.25) is 0 Å². The van der Waals surface area contributed by atoms with E-state index in [0.717, 1.165) is 15.4 Å². The first-order valence-electron chi connectivity index (χ1n) is 5.98. The second-order valence-electron chi connectivity index (χ2n) is 4.23. The Morgan fingerprint density at radius 3 is 2.63 bits per heavy atom. The van der Waals surface area contributed by atoms with Crippen LogP contribution in [0.15, 0.2) is 36.5 Å². The number of nitrogens with zero attached hydrogens (tertiary/aromatic N) is 1. The van der Waals surface area contributed by atoms with Gasteiger partial charge < -0.3 is 0 Å². The number of hydrogen-bond donors (Lipinski definition) is 1. The molecule has 0 saturated carbocycles. The standard InChI is InChI=1S/C13H16N2O2S2/c1-11-14-9-13(18-11)7-8-15-19(16,17)10-12-5-3-2-4-6-12/h2-6,9,15H,7-8,10H2,1H3. The Kier molecular flexibility index (Phi) is 4.68. The van der Waals surface area contributed by atoms with Crippen molar-refractivity contribution in [2.45, 2.75) is 19.1 Å². The zero-order chi connectivity index (χ0) is 13.7. The van der Waals surface area contributed by atoms with E-state index in [4.69, 9.17) is 0 Å². The molecule has 0 unspecified atom stereocenters. The van der Waals surface area contributed by atoms with Crippen LogP contribution in [-0.2, 0) is 22.2 Å². The molecule has 0 saturated heterocycles. The van der Waals surface area contributed by atoms with E-state index < -0.39 is 10.0 Å². The molecule has 0 aliphatic carbocycles. The lowest BCUT2D eigenvalue weighted by Crippen LogP contribution is -2.27. The summed E-state index contributed by atoms with van der Waals surface area (Å²) in [5.74, 6) is 0.0234. The molecule has 0 fully saturated rings. The lowest BCUT2D eigenvalue weighted by Gasteiger charge is -2.05. The maximum atomic E-state index is 11.9. The number of thiazole rings is 1. The molecule has 0 aliphatic rings. The van der Waals surface area contributed by atoms with Gasteiger partial charge in [0.2, 0.25) is 10.0 Å². The Balaban J connectivity index is 1.84. The maximum Gasteiger partial charge on any atom is 0.215 e. The van der Waals surface area contributed by atoms with E-state index in [9.17, 15) is 8.42 Å². The number of nitrogens with one attached hydrogen (secondary N) is 1. The van der Waals surface area contributed by atoms with Crippen LogP contribution in [0.3, 0.4) is 0 Å². The smallest absolute Gasteiger partial charge is 0.215 e. The highest BCUT2D eigenvalue weighted by atomic mass is 32.2. The Hall–Kier alpha value is -1.24. The van der Waals surface area contributed by atoms with Gasteiger partial charge in [-0.05, 0) is 18.9 Å². The minimum Gasteiger partial charge on any atom is -0.250 e. The second kappa shape index (κ2) is 6.27. The van der Waals surface area contributed by atoms with Crippen molar-refractivity contribution in [3.05, 3.63) is 52.0 Å². The number of benzene rings is 1. The Morgan fingerprint density at radius 2 is 2.00 bits per heavy atom. The van der Waals surface area contributed by atoms with Crippen molar-refractivity contribution in [1.82, 2.24) is 9.71 Å². The largest absolute Gasteiger partial charge is 0.250 e. The first-order chi connectivity index (χ1) is 9.05. The van der Waals surface area contributed by atoms with Crippen LogP contribution in [-0.4, -0.2) is 19.9 Å². The van der Waals surface area contributed by atoms with Gasteiger partial charge in [-0.1, -0.05) is 30.3 Å². The van der Waals surface area contributed by atoms with E-state index in [-0.39, 0.29) is 5.75 Å². The molecule has 0 spiro atoms. The predicted molar refractivity (Wildman–Crippen MR) is 77.6 cm³/mol. The van der Waals surface area contributed by atoms with E-state index in [0.29, 0.717) is 13.0 Å². The molecular weight excluding hydrogens is 280 g/mol. The summed E-state index contributed by atoms with van der Waals surface area (Å²) in [6, 6.07) is 9.17. The first kappa shape index (κ1) is 14.2. The molecule has 0 bridgehead atoms. The van der Waals surface area contributed by atoms with Gasteiger partial charge in [0.15, 0.2) is 0 Å². The molecule has 1 N–H and O–H groups in total. The third-order valence-corrected chi connectivity index (χ3v) is 4.89. The molecular formula is C13H16N2O2S2. The van der Waals surface area contributed by atoms with Gasteiger partial charge in [0, 0.05) is 17.6 Å². The average Bonchev–Trinajstić information content (AvgIpc) is 2.75. The van der Waals surface area contributed by atoms with Gasteiger partial charge in [-0.3, -0.25) is 0 Å². The van der Waals surface area contributed by atoms with Crippen molar-refractivity contribution in [2.24, 2.45) is 0 Å². The van der Waals surface area contributed by atoms with Crippen LogP contribution in [0.1, 0.15) is 15.4 Å². The van der Waals surface area contributed by atoms with Gasteiger partial charge in [0.25, 0.3) is 0 Å². The van der Waals surface area contributed by atoms with E-state index in [1.165, 1.54) is 0 Å². The molecule has 0 aliphatic heterocycles. The van der Waals surface area contributed by atoms with Crippen molar-refractivity contribution < 1.29 is 8.42 Å². The predicted octanol–water partition coefficient (Wildman–Crippen LogP) is 2.11. The summed E-state index contributed by atoms with van der Waals surface area (Å²) >= 11 is 1.60. The van der Waals surface area contributed by atoms with Crippen molar-refractivity contribution in [1.29, 1.82) is 0 Å². The lowest BCUT2D eigenvalue weighted by atomic mass is 10.2. The van der Waals surface area contributed by atoms with Gasteiger partial charge in [-0.2, -0.15) is 0 Å². The summed E-state index contributed by atoms with van der Waals surface area (Å²) in [5, 5.41) is 1.00. The van der Waals surface area contributed by atoms with Crippen molar-refractivity contribution >= 4 is 21.4 Å². The molecule has 0 amide bonds. The highest BCUT2D eigenvalue weighted by Gasteiger charge is 2.10. The molecule has 4 nitrogen and oxygen atoms in total. The molecule has 1 heterocycles. The molecule has 0 atom stereocenters. The van der Waals surface area contributed by atoms with Crippen LogP contribution < -0.4 is 4.72 Å². The van der Waals surface area contributed by atoms with E-state index in [1.807, 2.05) is 37.3 Å². The number of sulfonamides is 1. The minimum absolute atomic E-state index is 0.0234. The molecule has 1 aromatic carbocycles. The van der Waals surface area contributed by atoms with Crippen LogP contribution in [0, 0.1) is 6.92 Å². The monoisotopic (exact) mass is 296 g/mol. The molecule has 0 radical (unpaired) electrons. The number of hydrogen-bond acceptors (Lipinski definition) is 4. The summed E-state index contributed by atoms with van der Waals surface area (Å²) in [7, 11) is -3.26. The van der Waals surface area contributed by atoms with E-state index >= 15 is 0 Å². The quantitative estimate of drug-likeness (QED) is 0.888. The fourth-order valence-electron chi connectivity index (χ4n) is 1.70. The van der Waals surface area contributed by atoms with Crippen molar-refractivity contribution in [3.8, 4) is 0 Å². The van der Waals surface area contributed by atoms with Gasteiger partial charge in [0.1, 0.15) is 0 Å². The lowest BCUT2D eigenvalue weighted by molar-refractivity contribution is 0.581. The van der Waals surface area contributed by atoms with Crippen LogP contribution >= 0.6 is 11.3 Å². The summed E-state index contributed by atoms with van der Waals surface area (Å²) in [6.07, 6.45) is 2.48. The molecule has 102 valence electrons. The maximum absolute atomic E-state index is 11.9. The summed E-state index contributed by atoms with van der Waals surface area (Å²) < 4.78 is 26.4. The molecule has 1 aromatic heterocycles. The van der Waals surface area contributed by atoms with E-state index in [2.05, 4.69) is 9.71 Å². The van der Waals surface area contributed by atoms with Gasteiger partial charge in [-0.25, -0.2) is 18.1 Å². The highest BCUT2D eigenvalue weighted by molar-refractivity contribution is 7.88. The third kappa shape index (κ3) is 4.74. The summed E-state index contributed by atoms with van der Waals surface area (Å²) in [4.78, 5) is 5.24. The van der Waals surface area contributed by atoms with Crippen LogP contribution in [0.4, 0.5) is 0 Å². The highest BCUT2D eigenvalue weighted by Crippen LogP contribution is 2.11. The van der Waals surface area contributed by atoms with Gasteiger partial charge in [0.05, 0.1) is 10.8 Å². The van der Waals surface area contributed by atoms with Crippen LogP contribution in [0.25, 0.3) is 0 Å². The third-order valence-electron chi connectivity index (χ3n) is 2.56. The molecule has 2 rings (SSSR count). The van der Waals surface area contributed by atoms with Gasteiger partial charge >= 0.3 is 0 Å². The van der Waals surface area contributed by atoms with Crippen molar-refractivity contribution in [3.63, 3.8) is 0 Å². The fraction of sp³-hybridized carbons (Fsp3) is 0.308. The Labute approximate surface area is 117 Å². The number of aromatic nitrogens is 1. The average molecular weight is 296 g/mol. The van der Waals surface area contributed by atoms with Gasteiger partial charge in [-0.15, -0.1) is 11.3 Å². The van der Waals surface area contributed by atoms with Crippen molar-refractivity contribution in [2.75, 3.05) is 6.54 Å². The Morgan fingerprint density at radius 1 is 1.26 bits per heavy atom. The molecule has 19 heavy (non-hydrogen) atoms. The number of aryl methyl sites for hydroxylation is 1. The Bertz CT molecular complexity index is 621. The molecule has 6 heteroatoms. The zero-order valence-corrected chi connectivity index (χ0v) is 12.3. The second-order valence-corrected chi connectivity index (χ2v) is 7.36. The minimum atomic E-state index is -3.26. The van der Waals surface area contributed by atoms with E-state index in [1.54, 1.807) is 17.5 Å². The first-order valence-corrected chi connectivity index (χ1v) is 8.44. The zero-order valence-electron chi connectivity index (χ0n) is 10.7. The molecule has 2 aromatic rings. The van der Waals surface area contributed by atoms with Crippen LogP contribution in [0.5, 0.6) is 0 Å². The fourth-order valence-corrected chi connectivity index (χ4v) is 3.64. The SMILES string of the molecule is Cc1ncc(CCNS(=O)(=O)Cc2ccccc2)s1. The summed E-state index contributed by atoms with van der Waals surface area (Å²) in [6.45, 7) is 2.35. The normalized spacial score (nSPS) is 11.6. The summed E-state index contributed by atoms with van der Waals surface area (Å²) in [5.41, 5.74) is 0.795. The topological polar surface area (TPSA) is 59.1 Å².